The van der Waals surface area contributed by atoms with Crippen molar-refractivity contribution in [1.29, 1.82) is 0 Å². The zero-order valence-electron chi connectivity index (χ0n) is 15.3. The molecule has 1 amide bonds. The predicted molar refractivity (Wildman–Crippen MR) is 106 cm³/mol. The number of piperazine rings is 1. The van der Waals surface area contributed by atoms with Gasteiger partial charge in [0.15, 0.2) is 0 Å². The van der Waals surface area contributed by atoms with Gasteiger partial charge in [0.25, 0.3) is 0 Å². The van der Waals surface area contributed by atoms with E-state index < -0.39 is 16.1 Å². The van der Waals surface area contributed by atoms with Gasteiger partial charge in [0.05, 0.1) is 11.8 Å². The summed E-state index contributed by atoms with van der Waals surface area (Å²) in [5, 5.41) is 0. The molecular weight excluding hydrogens is 390 g/mol. The molecule has 0 aliphatic carbocycles. The van der Waals surface area contributed by atoms with E-state index in [9.17, 15) is 13.2 Å². The highest BCUT2D eigenvalue weighted by molar-refractivity contribution is 7.88. The lowest BCUT2D eigenvalue weighted by atomic mass is 9.91. The number of rotatable bonds is 5. The Bertz CT molecular complexity index is 703. The first-order valence-corrected chi connectivity index (χ1v) is 10.7. The highest BCUT2D eigenvalue weighted by Crippen LogP contribution is 2.20. The van der Waals surface area contributed by atoms with Crippen LogP contribution in [-0.4, -0.2) is 69.0 Å². The molecule has 2 fully saturated rings. The minimum atomic E-state index is -3.38. The first-order chi connectivity index (χ1) is 12.5. The summed E-state index contributed by atoms with van der Waals surface area (Å²) in [5.41, 5.74) is 6.94. The first kappa shape index (κ1) is 22.1. The van der Waals surface area contributed by atoms with Crippen LogP contribution in [0.5, 0.6) is 0 Å². The summed E-state index contributed by atoms with van der Waals surface area (Å²) in [5.74, 6) is 0.0664. The average Bonchev–Trinajstić information content (AvgIpc) is 2.68. The van der Waals surface area contributed by atoms with Crippen molar-refractivity contribution < 1.29 is 17.9 Å². The maximum absolute atomic E-state index is 12.6. The highest BCUT2D eigenvalue weighted by Gasteiger charge is 2.33. The molecule has 27 heavy (non-hydrogen) atoms. The molecule has 1 aromatic rings. The van der Waals surface area contributed by atoms with Crippen LogP contribution in [0, 0.1) is 5.92 Å². The molecule has 2 aliphatic rings. The van der Waals surface area contributed by atoms with Crippen LogP contribution < -0.4 is 5.73 Å². The van der Waals surface area contributed by atoms with E-state index in [4.69, 9.17) is 10.5 Å². The van der Waals surface area contributed by atoms with Gasteiger partial charge in [0.2, 0.25) is 15.9 Å². The van der Waals surface area contributed by atoms with Crippen LogP contribution in [0.1, 0.15) is 18.4 Å². The number of nitrogens with zero attached hydrogens (tertiary/aromatic N) is 2. The molecule has 1 unspecified atom stereocenters. The maximum Gasteiger partial charge on any atom is 0.239 e. The molecule has 0 radical (unpaired) electrons. The molecule has 0 saturated carbocycles. The van der Waals surface area contributed by atoms with Crippen LogP contribution in [0.15, 0.2) is 30.3 Å². The fourth-order valence-corrected chi connectivity index (χ4v) is 5.07. The van der Waals surface area contributed by atoms with Gasteiger partial charge in [-0.1, -0.05) is 30.3 Å². The van der Waals surface area contributed by atoms with E-state index in [-0.39, 0.29) is 30.0 Å². The van der Waals surface area contributed by atoms with Gasteiger partial charge in [-0.05, 0) is 24.3 Å². The van der Waals surface area contributed by atoms with Crippen molar-refractivity contribution in [2.24, 2.45) is 11.7 Å². The van der Waals surface area contributed by atoms with Crippen molar-refractivity contribution in [1.82, 2.24) is 9.21 Å². The quantitative estimate of drug-likeness (QED) is 0.766. The topological polar surface area (TPSA) is 92.9 Å². The van der Waals surface area contributed by atoms with Crippen LogP contribution in [0.4, 0.5) is 0 Å². The molecule has 3 rings (SSSR count). The summed E-state index contributed by atoms with van der Waals surface area (Å²) in [7, 11) is -3.38. The van der Waals surface area contributed by atoms with Crippen molar-refractivity contribution in [3.63, 3.8) is 0 Å². The number of benzene rings is 1. The molecule has 0 spiro atoms. The summed E-state index contributed by atoms with van der Waals surface area (Å²) >= 11 is 0. The molecule has 152 valence electrons. The largest absolute Gasteiger partial charge is 0.381 e. The van der Waals surface area contributed by atoms with Crippen molar-refractivity contribution in [2.45, 2.75) is 24.6 Å². The maximum atomic E-state index is 12.6. The van der Waals surface area contributed by atoms with Gasteiger partial charge >= 0.3 is 0 Å². The lowest BCUT2D eigenvalue weighted by Crippen LogP contribution is -2.56. The minimum absolute atomic E-state index is 0. The average molecular weight is 418 g/mol. The van der Waals surface area contributed by atoms with E-state index in [0.29, 0.717) is 39.4 Å². The number of amides is 1. The lowest BCUT2D eigenvalue weighted by Gasteiger charge is -2.37. The highest BCUT2D eigenvalue weighted by atomic mass is 35.5. The molecule has 2 N–H and O–H groups in total. The number of nitrogens with two attached hydrogens (primary N) is 1. The third-order valence-electron chi connectivity index (χ3n) is 5.19. The standard InChI is InChI=1S/C18H27N3O4S.ClH/c19-17(16-6-12-25-13-7-16)18(22)20-8-10-21(11-9-20)26(23,24)14-15-4-2-1-3-5-15;/h1-5,16-17H,6-14,19H2;1H. The second-order valence-corrected chi connectivity index (χ2v) is 8.91. The Morgan fingerprint density at radius 2 is 1.70 bits per heavy atom. The van der Waals surface area contributed by atoms with Gasteiger partial charge in [0, 0.05) is 39.4 Å². The summed E-state index contributed by atoms with van der Waals surface area (Å²) in [4.78, 5) is 14.3. The Kier molecular flexibility index (Phi) is 8.05. The second kappa shape index (κ2) is 9.84. The van der Waals surface area contributed by atoms with Gasteiger partial charge in [-0.2, -0.15) is 4.31 Å². The SMILES string of the molecule is Cl.NC(C(=O)N1CCN(S(=O)(=O)Cc2ccccc2)CC1)C1CCOCC1. The normalized spacial score (nSPS) is 20.7. The Morgan fingerprint density at radius 3 is 2.30 bits per heavy atom. The molecule has 2 aliphatic heterocycles. The first-order valence-electron chi connectivity index (χ1n) is 9.11. The minimum Gasteiger partial charge on any atom is -0.381 e. The fourth-order valence-electron chi connectivity index (χ4n) is 3.55. The number of carbonyl (C=O) groups is 1. The molecule has 1 aromatic carbocycles. The van der Waals surface area contributed by atoms with Gasteiger partial charge in [-0.3, -0.25) is 4.79 Å². The number of hydrogen-bond donors (Lipinski definition) is 1. The molecular formula is C18H28ClN3O4S. The lowest BCUT2D eigenvalue weighted by molar-refractivity contribution is -0.135. The third-order valence-corrected chi connectivity index (χ3v) is 7.04. The summed E-state index contributed by atoms with van der Waals surface area (Å²) in [6.45, 7) is 2.73. The Labute approximate surface area is 167 Å². The van der Waals surface area contributed by atoms with Crippen LogP contribution in [0.2, 0.25) is 0 Å². The zero-order valence-corrected chi connectivity index (χ0v) is 17.0. The van der Waals surface area contributed by atoms with Crippen molar-refractivity contribution in [3.8, 4) is 0 Å². The number of carbonyl (C=O) groups excluding carboxylic acids is 1. The van der Waals surface area contributed by atoms with Crippen molar-refractivity contribution >= 4 is 28.3 Å². The number of halogens is 1. The molecule has 2 saturated heterocycles. The van der Waals surface area contributed by atoms with Gasteiger partial charge in [-0.25, -0.2) is 8.42 Å². The Hall–Kier alpha value is -1.19. The van der Waals surface area contributed by atoms with Crippen molar-refractivity contribution in [2.75, 3.05) is 39.4 Å². The second-order valence-electron chi connectivity index (χ2n) is 6.94. The summed E-state index contributed by atoms with van der Waals surface area (Å²) in [6.07, 6.45) is 1.61. The van der Waals surface area contributed by atoms with E-state index in [1.807, 2.05) is 30.3 Å². The van der Waals surface area contributed by atoms with E-state index in [2.05, 4.69) is 0 Å². The molecule has 0 bridgehead atoms. The predicted octanol–water partition coefficient (Wildman–Crippen LogP) is 0.836. The van der Waals surface area contributed by atoms with Crippen LogP contribution in [0.25, 0.3) is 0 Å². The van der Waals surface area contributed by atoms with Gasteiger partial charge in [-0.15, -0.1) is 12.4 Å². The van der Waals surface area contributed by atoms with Gasteiger partial charge in [0.1, 0.15) is 0 Å². The molecule has 2 heterocycles. The number of ether oxygens (including phenoxy) is 1. The third kappa shape index (κ3) is 5.65. The van der Waals surface area contributed by atoms with E-state index >= 15 is 0 Å². The molecule has 1 atom stereocenters. The van der Waals surface area contributed by atoms with Crippen molar-refractivity contribution in [3.05, 3.63) is 35.9 Å². The smallest absolute Gasteiger partial charge is 0.239 e. The monoisotopic (exact) mass is 417 g/mol. The van der Waals surface area contributed by atoms with Crippen LogP contribution >= 0.6 is 12.4 Å². The molecule has 7 nitrogen and oxygen atoms in total. The van der Waals surface area contributed by atoms with Crippen LogP contribution in [-0.2, 0) is 25.3 Å². The van der Waals surface area contributed by atoms with E-state index in [0.717, 1.165) is 18.4 Å². The number of hydrogen-bond acceptors (Lipinski definition) is 5. The number of sulfonamides is 1. The summed E-state index contributed by atoms with van der Waals surface area (Å²) in [6, 6.07) is 8.63. The zero-order chi connectivity index (χ0) is 18.6. The Morgan fingerprint density at radius 1 is 1.11 bits per heavy atom. The Balaban J connectivity index is 0.00000261. The summed E-state index contributed by atoms with van der Waals surface area (Å²) < 4.78 is 32.0. The fraction of sp³-hybridized carbons (Fsp3) is 0.611. The molecule has 9 heteroatoms. The van der Waals surface area contributed by atoms with E-state index in [1.54, 1.807) is 4.90 Å². The van der Waals surface area contributed by atoms with Crippen LogP contribution in [0.3, 0.4) is 0 Å². The van der Waals surface area contributed by atoms with Gasteiger partial charge < -0.3 is 15.4 Å². The van der Waals surface area contributed by atoms with E-state index in [1.165, 1.54) is 4.31 Å². The molecule has 0 aromatic heterocycles.